The molecule has 4 rings (SSSR count). The summed E-state index contributed by atoms with van der Waals surface area (Å²) in [5.41, 5.74) is 4.26. The van der Waals surface area contributed by atoms with Crippen molar-refractivity contribution in [3.63, 3.8) is 0 Å². The van der Waals surface area contributed by atoms with Gasteiger partial charge in [0.2, 0.25) is 0 Å². The number of aliphatic hydroxyl groups is 1. The smallest absolute Gasteiger partial charge is 0.327 e. The van der Waals surface area contributed by atoms with Gasteiger partial charge < -0.3 is 10.2 Å². The van der Waals surface area contributed by atoms with Gasteiger partial charge in [0.1, 0.15) is 0 Å². The second-order valence-electron chi connectivity index (χ2n) is 17.4. The highest BCUT2D eigenvalue weighted by Gasteiger charge is 2.63. The van der Waals surface area contributed by atoms with E-state index in [1.165, 1.54) is 102 Å². The summed E-state index contributed by atoms with van der Waals surface area (Å²) < 4.78 is 0. The Kier molecular flexibility index (Phi) is 14.1. The number of carbonyl (C=O) groups is 1. The maximum absolute atomic E-state index is 10.7. The molecule has 0 aromatic carbocycles. The van der Waals surface area contributed by atoms with Crippen LogP contribution in [-0.2, 0) is 4.79 Å². The molecule has 8 atom stereocenters. The van der Waals surface area contributed by atoms with Crippen LogP contribution in [0.25, 0.3) is 0 Å². The average Bonchev–Trinajstić information content (AvgIpc) is 3.39. The number of fused-ring (bicyclic) bond motifs is 5. The third kappa shape index (κ3) is 8.95. The Hall–Kier alpha value is -1.61. The van der Waals surface area contributed by atoms with Crippen LogP contribution in [0.1, 0.15) is 170 Å². The maximum Gasteiger partial charge on any atom is 0.327 e. The zero-order chi connectivity index (χ0) is 34.1. The molecule has 4 aliphatic rings. The molecular weight excluding hydrogens is 576 g/mol. The zero-order valence-electron chi connectivity index (χ0n) is 31.4. The van der Waals surface area contributed by atoms with E-state index in [9.17, 15) is 9.90 Å². The second-order valence-corrected chi connectivity index (χ2v) is 17.4. The van der Waals surface area contributed by atoms with Crippen molar-refractivity contribution in [1.82, 2.24) is 0 Å². The molecule has 3 nitrogen and oxygen atoms in total. The van der Waals surface area contributed by atoms with E-state index in [2.05, 4.69) is 65.8 Å². The van der Waals surface area contributed by atoms with Crippen LogP contribution in [-0.4, -0.2) is 22.3 Å². The van der Waals surface area contributed by atoms with Crippen molar-refractivity contribution >= 4 is 5.97 Å². The molecule has 0 amide bonds. The highest BCUT2D eigenvalue weighted by atomic mass is 16.4. The molecule has 0 saturated heterocycles. The van der Waals surface area contributed by atoms with Gasteiger partial charge in [-0.25, -0.2) is 4.79 Å². The van der Waals surface area contributed by atoms with E-state index in [1.807, 2.05) is 5.57 Å². The summed E-state index contributed by atoms with van der Waals surface area (Å²) in [6, 6.07) is 0. The number of aliphatic carboxylic acids is 1. The van der Waals surface area contributed by atoms with Gasteiger partial charge in [-0.3, -0.25) is 0 Å². The molecule has 0 heterocycles. The highest BCUT2D eigenvalue weighted by molar-refractivity contribution is 5.79. The van der Waals surface area contributed by atoms with E-state index in [-0.39, 0.29) is 16.9 Å². The van der Waals surface area contributed by atoms with Crippen molar-refractivity contribution in [2.45, 2.75) is 176 Å². The number of carboxylic acid groups (broad SMARTS) is 1. The average molecular weight is 649 g/mol. The van der Waals surface area contributed by atoms with Gasteiger partial charge >= 0.3 is 5.97 Å². The number of unbranched alkanes of at least 4 members (excludes halogenated alkanes) is 11. The zero-order valence-corrected chi connectivity index (χ0v) is 31.4. The van der Waals surface area contributed by atoms with Gasteiger partial charge in [0, 0.05) is 11.5 Å². The van der Waals surface area contributed by atoms with Crippen molar-refractivity contribution in [1.29, 1.82) is 0 Å². The van der Waals surface area contributed by atoms with Crippen LogP contribution in [0.5, 0.6) is 0 Å². The molecule has 47 heavy (non-hydrogen) atoms. The molecule has 0 radical (unpaired) electrons. The molecular formula is C44H72O3. The molecule has 266 valence electrons. The summed E-state index contributed by atoms with van der Waals surface area (Å²) in [4.78, 5) is 10.5. The SMILES string of the molecule is CC(C)[C@@H](C)C=C[C@@H](C)[C@H]1CC[C@H]2C3=CC=C4C[C@@H](O)CC[C@]4(C)C3(CCCCCCCCCCCCCC=CC(=O)O)CC[C@]12C. The number of hydrogen-bond acceptors (Lipinski definition) is 2. The summed E-state index contributed by atoms with van der Waals surface area (Å²) in [6.07, 6.45) is 38.1. The number of carboxylic acids is 1. The molecule has 1 unspecified atom stereocenters. The van der Waals surface area contributed by atoms with Crippen LogP contribution in [0.2, 0.25) is 0 Å². The van der Waals surface area contributed by atoms with Gasteiger partial charge in [-0.1, -0.05) is 147 Å². The quantitative estimate of drug-likeness (QED) is 0.0832. The Balaban J connectivity index is 1.31. The van der Waals surface area contributed by atoms with E-state index >= 15 is 0 Å². The Morgan fingerprint density at radius 1 is 0.830 bits per heavy atom. The fourth-order valence-corrected chi connectivity index (χ4v) is 10.7. The topological polar surface area (TPSA) is 57.5 Å². The summed E-state index contributed by atoms with van der Waals surface area (Å²) in [5, 5.41) is 19.4. The molecule has 0 spiro atoms. The van der Waals surface area contributed by atoms with Crippen molar-refractivity contribution in [2.75, 3.05) is 0 Å². The van der Waals surface area contributed by atoms with Crippen molar-refractivity contribution in [3.05, 3.63) is 47.6 Å². The minimum absolute atomic E-state index is 0.159. The fourth-order valence-electron chi connectivity index (χ4n) is 10.7. The molecule has 3 saturated carbocycles. The largest absolute Gasteiger partial charge is 0.478 e. The molecule has 4 aliphatic carbocycles. The monoisotopic (exact) mass is 649 g/mol. The number of rotatable bonds is 19. The van der Waals surface area contributed by atoms with Gasteiger partial charge in [-0.05, 0) is 105 Å². The lowest BCUT2D eigenvalue weighted by atomic mass is 9.42. The highest BCUT2D eigenvalue weighted by Crippen LogP contribution is 2.72. The molecule has 0 aromatic heterocycles. The van der Waals surface area contributed by atoms with Crippen molar-refractivity contribution in [3.8, 4) is 0 Å². The van der Waals surface area contributed by atoms with E-state index < -0.39 is 5.97 Å². The Morgan fingerprint density at radius 2 is 1.47 bits per heavy atom. The lowest BCUT2D eigenvalue weighted by Gasteiger charge is -2.62. The summed E-state index contributed by atoms with van der Waals surface area (Å²) in [6.45, 7) is 14.8. The normalized spacial score (nSPS) is 33.4. The first-order valence-corrected chi connectivity index (χ1v) is 20.1. The van der Waals surface area contributed by atoms with Gasteiger partial charge in [0.05, 0.1) is 6.10 Å². The Morgan fingerprint density at radius 3 is 2.11 bits per heavy atom. The fraction of sp³-hybridized carbons (Fsp3) is 0.795. The molecule has 3 fully saturated rings. The van der Waals surface area contributed by atoms with E-state index in [4.69, 9.17) is 5.11 Å². The van der Waals surface area contributed by atoms with E-state index in [0.29, 0.717) is 29.1 Å². The van der Waals surface area contributed by atoms with Crippen LogP contribution >= 0.6 is 0 Å². The van der Waals surface area contributed by atoms with Gasteiger partial charge in [0.25, 0.3) is 0 Å². The van der Waals surface area contributed by atoms with Gasteiger partial charge in [-0.15, -0.1) is 0 Å². The van der Waals surface area contributed by atoms with Crippen LogP contribution in [0, 0.1) is 45.8 Å². The predicted molar refractivity (Wildman–Crippen MR) is 199 cm³/mol. The molecule has 0 aliphatic heterocycles. The third-order valence-corrected chi connectivity index (χ3v) is 14.2. The lowest BCUT2D eigenvalue weighted by molar-refractivity contribution is -0.131. The van der Waals surface area contributed by atoms with Crippen molar-refractivity contribution < 1.29 is 15.0 Å². The lowest BCUT2D eigenvalue weighted by Crippen LogP contribution is -2.54. The van der Waals surface area contributed by atoms with E-state index in [0.717, 1.165) is 38.0 Å². The molecule has 3 heteroatoms. The van der Waals surface area contributed by atoms with Crippen LogP contribution in [0.15, 0.2) is 47.6 Å². The van der Waals surface area contributed by atoms with Gasteiger partial charge in [-0.2, -0.15) is 0 Å². The second kappa shape index (κ2) is 17.4. The summed E-state index contributed by atoms with van der Waals surface area (Å²) >= 11 is 0. The number of hydrogen-bond donors (Lipinski definition) is 2. The van der Waals surface area contributed by atoms with Crippen LogP contribution in [0.3, 0.4) is 0 Å². The first kappa shape index (κ1) is 38.2. The Bertz CT molecular complexity index is 1130. The number of aliphatic hydroxyl groups excluding tert-OH is 1. The van der Waals surface area contributed by atoms with Gasteiger partial charge in [0.15, 0.2) is 0 Å². The van der Waals surface area contributed by atoms with Crippen LogP contribution in [0.4, 0.5) is 0 Å². The first-order valence-electron chi connectivity index (χ1n) is 20.1. The molecule has 2 N–H and O–H groups in total. The summed E-state index contributed by atoms with van der Waals surface area (Å²) in [5.74, 6) is 2.63. The molecule has 0 aromatic rings. The minimum atomic E-state index is -0.838. The minimum Gasteiger partial charge on any atom is -0.478 e. The van der Waals surface area contributed by atoms with E-state index in [1.54, 1.807) is 11.6 Å². The standard InChI is InChI=1S/C44H72O3/c1-33(2)34(3)21-22-35(4)38-25-26-39-40-24-23-36-32-37(45)27-29-43(36,6)44(40,31-30-42(38,39)5)28-19-17-15-13-11-9-7-8-10-12-14-16-18-20-41(46)47/h18,20-24,33-35,37-39,45H,7-17,19,25-32H2,1-6H3,(H,46,47)/t34-,35+,37-,38+,39-,42+,43-,44?/m0/s1. The number of allylic oxidation sites excluding steroid dienone is 6. The first-order chi connectivity index (χ1) is 22.4. The van der Waals surface area contributed by atoms with Crippen molar-refractivity contribution in [2.24, 2.45) is 45.8 Å². The summed E-state index contributed by atoms with van der Waals surface area (Å²) in [7, 11) is 0. The maximum atomic E-state index is 10.7. The predicted octanol–water partition coefficient (Wildman–Crippen LogP) is 12.4. The third-order valence-electron chi connectivity index (χ3n) is 14.2. The molecule has 0 bridgehead atoms. The van der Waals surface area contributed by atoms with Crippen LogP contribution < -0.4 is 0 Å². The Labute approximate surface area is 289 Å².